The predicted molar refractivity (Wildman–Crippen MR) is 50.0 cm³/mol. The van der Waals surface area contributed by atoms with Crippen LogP contribution in [0.3, 0.4) is 0 Å². The largest absolute Gasteiger partial charge is 0.422 e. The quantitative estimate of drug-likeness (QED) is 0.379. The Morgan fingerprint density at radius 2 is 1.75 bits per heavy atom. The highest BCUT2D eigenvalue weighted by Gasteiger charge is 2.48. The first-order chi connectivity index (χ1) is 7.28. The smallest absolute Gasteiger partial charge is 0.331 e. The number of rotatable bonds is 3. The van der Waals surface area contributed by atoms with Gasteiger partial charge >= 0.3 is 11.9 Å². The van der Waals surface area contributed by atoms with E-state index in [2.05, 4.69) is 0 Å². The van der Waals surface area contributed by atoms with Crippen LogP contribution in [0.25, 0.3) is 0 Å². The second-order valence-corrected chi connectivity index (χ2v) is 4.00. The molecule has 0 aromatic carbocycles. The Bertz CT molecular complexity index is 336. The topological polar surface area (TPSA) is 86.7 Å². The molecule has 1 rings (SSSR count). The number of ether oxygens (including phenoxy) is 2. The van der Waals surface area contributed by atoms with Crippen molar-refractivity contribution in [2.75, 3.05) is 0 Å². The summed E-state index contributed by atoms with van der Waals surface area (Å²) >= 11 is 0. The number of esters is 2. The maximum Gasteiger partial charge on any atom is 0.331 e. The molecule has 88 valence electrons. The van der Waals surface area contributed by atoms with Gasteiger partial charge in [0.05, 0.1) is 5.92 Å². The normalized spacial score (nSPS) is 21.9. The van der Waals surface area contributed by atoms with Gasteiger partial charge in [0.25, 0.3) is 5.79 Å². The molecular formula is C10H12O6. The zero-order chi connectivity index (χ0) is 12.5. The second kappa shape index (κ2) is 4.03. The summed E-state index contributed by atoms with van der Waals surface area (Å²) in [6.07, 6.45) is 0.364. The van der Waals surface area contributed by atoms with Crippen LogP contribution < -0.4 is 0 Å². The summed E-state index contributed by atoms with van der Waals surface area (Å²) in [5.74, 6) is -6.80. The van der Waals surface area contributed by atoms with Crippen LogP contribution in [0.5, 0.6) is 0 Å². The van der Waals surface area contributed by atoms with Crippen molar-refractivity contribution in [3.63, 3.8) is 0 Å². The van der Waals surface area contributed by atoms with E-state index in [9.17, 15) is 19.2 Å². The molecule has 1 heterocycles. The minimum atomic E-state index is -1.65. The Kier molecular flexibility index (Phi) is 3.11. The van der Waals surface area contributed by atoms with Crippen molar-refractivity contribution in [1.82, 2.24) is 0 Å². The Balaban J connectivity index is 2.91. The average Bonchev–Trinajstić information content (AvgIpc) is 2.13. The molecular weight excluding hydrogens is 216 g/mol. The minimum absolute atomic E-state index is 0.364. The van der Waals surface area contributed by atoms with Crippen molar-refractivity contribution in [2.45, 2.75) is 26.6 Å². The standard InChI is InChI=1S/C10H12O6/c1-5(4-11)7(12)6-8(13)15-10(2,3)16-9(6)14/h4-6H,1-3H3. The lowest BCUT2D eigenvalue weighted by Crippen LogP contribution is -2.50. The monoisotopic (exact) mass is 228 g/mol. The first-order valence-electron chi connectivity index (χ1n) is 4.73. The van der Waals surface area contributed by atoms with Gasteiger partial charge in [0.1, 0.15) is 6.29 Å². The molecule has 0 radical (unpaired) electrons. The Hall–Kier alpha value is -1.72. The molecule has 0 aromatic rings. The summed E-state index contributed by atoms with van der Waals surface area (Å²) < 4.78 is 9.51. The summed E-state index contributed by atoms with van der Waals surface area (Å²) in [5, 5.41) is 0. The van der Waals surface area contributed by atoms with Crippen molar-refractivity contribution in [1.29, 1.82) is 0 Å². The van der Waals surface area contributed by atoms with E-state index >= 15 is 0 Å². The molecule has 0 aromatic heterocycles. The van der Waals surface area contributed by atoms with Crippen LogP contribution in [0.4, 0.5) is 0 Å². The molecule has 6 nitrogen and oxygen atoms in total. The summed E-state index contributed by atoms with van der Waals surface area (Å²) in [6.45, 7) is 4.06. The summed E-state index contributed by atoms with van der Waals surface area (Å²) in [7, 11) is 0. The minimum Gasteiger partial charge on any atom is -0.422 e. The van der Waals surface area contributed by atoms with Crippen LogP contribution in [-0.4, -0.2) is 29.8 Å². The zero-order valence-electron chi connectivity index (χ0n) is 9.18. The lowest BCUT2D eigenvalue weighted by atomic mass is 9.94. The van der Waals surface area contributed by atoms with E-state index in [0.29, 0.717) is 6.29 Å². The van der Waals surface area contributed by atoms with Crippen molar-refractivity contribution in [2.24, 2.45) is 11.8 Å². The Labute approximate surface area is 91.9 Å². The van der Waals surface area contributed by atoms with E-state index in [-0.39, 0.29) is 0 Å². The molecule has 0 saturated carbocycles. The fourth-order valence-corrected chi connectivity index (χ4v) is 1.28. The third-order valence-electron chi connectivity index (χ3n) is 2.10. The molecule has 0 N–H and O–H groups in total. The zero-order valence-corrected chi connectivity index (χ0v) is 9.18. The van der Waals surface area contributed by atoms with Crippen LogP contribution >= 0.6 is 0 Å². The van der Waals surface area contributed by atoms with E-state index < -0.39 is 35.3 Å². The second-order valence-electron chi connectivity index (χ2n) is 4.00. The number of carbonyl (C=O) groups excluding carboxylic acids is 4. The summed E-state index contributed by atoms with van der Waals surface area (Å²) in [4.78, 5) is 44.8. The van der Waals surface area contributed by atoms with Gasteiger partial charge in [-0.25, -0.2) is 0 Å². The molecule has 1 atom stereocenters. The predicted octanol–water partition coefficient (Wildman–Crippen LogP) is -0.157. The van der Waals surface area contributed by atoms with E-state index in [1.165, 1.54) is 20.8 Å². The van der Waals surface area contributed by atoms with Crippen molar-refractivity contribution >= 4 is 24.0 Å². The number of cyclic esters (lactones) is 2. The highest BCUT2D eigenvalue weighted by Crippen LogP contribution is 2.24. The van der Waals surface area contributed by atoms with Gasteiger partial charge in [0.2, 0.25) is 5.92 Å². The lowest BCUT2D eigenvalue weighted by Gasteiger charge is -2.32. The molecule has 1 saturated heterocycles. The maximum absolute atomic E-state index is 11.5. The van der Waals surface area contributed by atoms with Crippen molar-refractivity contribution < 1.29 is 28.7 Å². The molecule has 0 aliphatic carbocycles. The van der Waals surface area contributed by atoms with Gasteiger partial charge in [0.15, 0.2) is 5.78 Å². The number of carbonyl (C=O) groups is 4. The molecule has 0 bridgehead atoms. The van der Waals surface area contributed by atoms with Crippen molar-refractivity contribution in [3.05, 3.63) is 0 Å². The molecule has 0 amide bonds. The molecule has 0 spiro atoms. The number of hydrogen-bond donors (Lipinski definition) is 0. The van der Waals surface area contributed by atoms with Gasteiger partial charge < -0.3 is 14.3 Å². The van der Waals surface area contributed by atoms with Crippen molar-refractivity contribution in [3.8, 4) is 0 Å². The van der Waals surface area contributed by atoms with Crippen LogP contribution in [0.1, 0.15) is 20.8 Å². The Morgan fingerprint density at radius 1 is 1.31 bits per heavy atom. The van der Waals surface area contributed by atoms with Gasteiger partial charge in [-0.3, -0.25) is 14.4 Å². The number of Topliss-reactive ketones (excluding diaryl/α,β-unsaturated/α-hetero) is 1. The van der Waals surface area contributed by atoms with E-state index in [1.807, 2.05) is 0 Å². The van der Waals surface area contributed by atoms with E-state index in [4.69, 9.17) is 9.47 Å². The summed E-state index contributed by atoms with van der Waals surface area (Å²) in [6, 6.07) is 0. The third-order valence-corrected chi connectivity index (χ3v) is 2.10. The Morgan fingerprint density at radius 3 is 2.12 bits per heavy atom. The fourth-order valence-electron chi connectivity index (χ4n) is 1.28. The van der Waals surface area contributed by atoms with E-state index in [0.717, 1.165) is 0 Å². The molecule has 1 unspecified atom stereocenters. The van der Waals surface area contributed by atoms with Gasteiger partial charge in [-0.2, -0.15) is 0 Å². The number of aldehydes is 1. The molecule has 16 heavy (non-hydrogen) atoms. The number of ketones is 1. The van der Waals surface area contributed by atoms with Gasteiger partial charge in [0, 0.05) is 13.8 Å². The first-order valence-corrected chi connectivity index (χ1v) is 4.73. The maximum atomic E-state index is 11.5. The summed E-state index contributed by atoms with van der Waals surface area (Å²) in [5.41, 5.74) is 0. The lowest BCUT2D eigenvalue weighted by molar-refractivity contribution is -0.238. The highest BCUT2D eigenvalue weighted by molar-refractivity contribution is 6.18. The highest BCUT2D eigenvalue weighted by atomic mass is 16.7. The molecule has 6 heteroatoms. The van der Waals surface area contributed by atoms with Gasteiger partial charge in [-0.15, -0.1) is 0 Å². The van der Waals surface area contributed by atoms with Gasteiger partial charge in [-0.05, 0) is 6.92 Å². The van der Waals surface area contributed by atoms with Crippen LogP contribution in [0.2, 0.25) is 0 Å². The van der Waals surface area contributed by atoms with Crippen LogP contribution in [0.15, 0.2) is 0 Å². The SMILES string of the molecule is CC(C=O)C(=O)C1C(=O)OC(C)(C)OC1=O. The molecule has 1 fully saturated rings. The third kappa shape index (κ3) is 2.26. The van der Waals surface area contributed by atoms with Crippen LogP contribution in [-0.2, 0) is 28.7 Å². The first kappa shape index (κ1) is 12.4. The van der Waals surface area contributed by atoms with Gasteiger partial charge in [-0.1, -0.05) is 0 Å². The average molecular weight is 228 g/mol. The fraction of sp³-hybridized carbons (Fsp3) is 0.600. The molecule has 1 aliphatic heterocycles. The number of hydrogen-bond acceptors (Lipinski definition) is 6. The van der Waals surface area contributed by atoms with E-state index in [1.54, 1.807) is 0 Å². The molecule has 1 aliphatic rings. The van der Waals surface area contributed by atoms with Crippen LogP contribution in [0, 0.1) is 11.8 Å².